The summed E-state index contributed by atoms with van der Waals surface area (Å²) in [4.78, 5) is 12.4. The Labute approximate surface area is 129 Å². The van der Waals surface area contributed by atoms with Crippen molar-refractivity contribution >= 4 is 16.0 Å². The van der Waals surface area contributed by atoms with Crippen molar-refractivity contribution in [1.29, 1.82) is 0 Å². The number of ether oxygens (including phenoxy) is 2. The molecule has 2 aliphatic rings. The summed E-state index contributed by atoms with van der Waals surface area (Å²) in [7, 11) is -2.14. The first-order valence-corrected chi connectivity index (χ1v) is 8.51. The van der Waals surface area contributed by atoms with Crippen molar-refractivity contribution < 1.29 is 22.7 Å². The Balaban J connectivity index is 1.85. The lowest BCUT2D eigenvalue weighted by Crippen LogP contribution is -2.53. The van der Waals surface area contributed by atoms with Gasteiger partial charge >= 0.3 is 0 Å². The summed E-state index contributed by atoms with van der Waals surface area (Å²) in [6.45, 7) is 0.511. The number of piperidine rings is 1. The first kappa shape index (κ1) is 15.3. The molecule has 22 heavy (non-hydrogen) atoms. The van der Waals surface area contributed by atoms with Gasteiger partial charge in [-0.25, -0.2) is 5.14 Å². The van der Waals surface area contributed by atoms with Crippen LogP contribution in [0.15, 0.2) is 18.2 Å². The van der Waals surface area contributed by atoms with Crippen molar-refractivity contribution in [2.24, 2.45) is 5.14 Å². The van der Waals surface area contributed by atoms with Crippen molar-refractivity contribution in [3.63, 3.8) is 0 Å². The van der Waals surface area contributed by atoms with E-state index in [9.17, 15) is 13.2 Å². The first-order valence-electron chi connectivity index (χ1n) is 7.01. The molecule has 2 N–H and O–H groups in total. The van der Waals surface area contributed by atoms with Gasteiger partial charge in [0.25, 0.3) is 10.2 Å². The number of fused-ring (bicyclic) bond motifs is 1. The van der Waals surface area contributed by atoms with Crippen LogP contribution in [0.3, 0.4) is 0 Å². The molecule has 0 bridgehead atoms. The summed E-state index contributed by atoms with van der Waals surface area (Å²) in [6, 6.07) is 5.12. The molecular weight excluding hydrogens is 308 g/mol. The van der Waals surface area contributed by atoms with E-state index in [0.29, 0.717) is 29.9 Å². The summed E-state index contributed by atoms with van der Waals surface area (Å²) in [6.07, 6.45) is 1.13. The van der Waals surface area contributed by atoms with Gasteiger partial charge in [-0.2, -0.15) is 12.7 Å². The molecule has 120 valence electrons. The minimum absolute atomic E-state index is 0.00737. The van der Waals surface area contributed by atoms with Gasteiger partial charge in [-0.3, -0.25) is 4.79 Å². The Bertz CT molecular complexity index is 708. The van der Waals surface area contributed by atoms with Gasteiger partial charge in [-0.05, 0) is 12.1 Å². The number of Topliss-reactive ketones (excluding diaryl/α,β-unsaturated/α-hetero) is 1. The zero-order valence-corrected chi connectivity index (χ0v) is 13.1. The molecule has 1 spiro atoms. The van der Waals surface area contributed by atoms with E-state index in [1.807, 2.05) is 0 Å². The Morgan fingerprint density at radius 3 is 2.59 bits per heavy atom. The Hall–Kier alpha value is -1.64. The Morgan fingerprint density at radius 1 is 1.32 bits per heavy atom. The second-order valence-corrected chi connectivity index (χ2v) is 7.24. The van der Waals surface area contributed by atoms with Crippen molar-refractivity contribution in [2.75, 3.05) is 20.2 Å². The van der Waals surface area contributed by atoms with Crippen LogP contribution in [0.5, 0.6) is 11.5 Å². The number of hydrogen-bond donors (Lipinski definition) is 1. The van der Waals surface area contributed by atoms with Crippen molar-refractivity contribution in [1.82, 2.24) is 4.31 Å². The SMILES string of the molecule is COc1ccc2c(c1)OC1(CCN(S(N)(=O)=O)CC1)CC2=O. The molecule has 3 rings (SSSR count). The van der Waals surface area contributed by atoms with Crippen LogP contribution >= 0.6 is 0 Å². The number of ketones is 1. The number of carbonyl (C=O) groups is 1. The smallest absolute Gasteiger partial charge is 0.276 e. The number of nitrogens with zero attached hydrogens (tertiary/aromatic N) is 1. The van der Waals surface area contributed by atoms with Gasteiger partial charge in [0.15, 0.2) is 5.78 Å². The highest BCUT2D eigenvalue weighted by Crippen LogP contribution is 2.40. The van der Waals surface area contributed by atoms with Crippen LogP contribution in [0.25, 0.3) is 0 Å². The molecule has 0 atom stereocenters. The largest absolute Gasteiger partial charge is 0.497 e. The number of benzene rings is 1. The molecule has 2 heterocycles. The minimum Gasteiger partial charge on any atom is -0.497 e. The molecule has 8 heteroatoms. The maximum absolute atomic E-state index is 12.4. The fourth-order valence-electron chi connectivity index (χ4n) is 3.03. The van der Waals surface area contributed by atoms with E-state index < -0.39 is 15.8 Å². The third-order valence-corrected chi connectivity index (χ3v) is 5.38. The zero-order chi connectivity index (χ0) is 16.0. The van der Waals surface area contributed by atoms with Crippen molar-refractivity contribution in [2.45, 2.75) is 24.9 Å². The Morgan fingerprint density at radius 2 is 2.00 bits per heavy atom. The molecule has 1 aromatic carbocycles. The molecule has 0 amide bonds. The highest BCUT2D eigenvalue weighted by Gasteiger charge is 2.44. The van der Waals surface area contributed by atoms with E-state index in [2.05, 4.69) is 0 Å². The van der Waals surface area contributed by atoms with E-state index in [4.69, 9.17) is 14.6 Å². The van der Waals surface area contributed by atoms with Crippen LogP contribution in [0.2, 0.25) is 0 Å². The molecule has 2 aliphatic heterocycles. The fraction of sp³-hybridized carbons (Fsp3) is 0.500. The monoisotopic (exact) mass is 326 g/mol. The second kappa shape index (κ2) is 5.22. The summed E-state index contributed by atoms with van der Waals surface area (Å²) in [5.41, 5.74) is -0.113. The van der Waals surface area contributed by atoms with Gasteiger partial charge < -0.3 is 9.47 Å². The van der Waals surface area contributed by atoms with Crippen LogP contribution in [0.1, 0.15) is 29.6 Å². The topological polar surface area (TPSA) is 98.9 Å². The van der Waals surface area contributed by atoms with E-state index in [1.165, 1.54) is 4.31 Å². The van der Waals surface area contributed by atoms with Crippen LogP contribution < -0.4 is 14.6 Å². The van der Waals surface area contributed by atoms with Gasteiger partial charge in [-0.15, -0.1) is 0 Å². The summed E-state index contributed by atoms with van der Waals surface area (Å²) >= 11 is 0. The fourth-order valence-corrected chi connectivity index (χ4v) is 3.72. The third kappa shape index (κ3) is 2.69. The minimum atomic E-state index is -3.69. The zero-order valence-electron chi connectivity index (χ0n) is 12.2. The number of hydrogen-bond acceptors (Lipinski definition) is 5. The lowest BCUT2D eigenvalue weighted by atomic mass is 9.83. The van der Waals surface area contributed by atoms with E-state index in [0.717, 1.165) is 0 Å². The summed E-state index contributed by atoms with van der Waals surface area (Å²) in [5, 5.41) is 5.14. The molecule has 0 unspecified atom stereocenters. The van der Waals surface area contributed by atoms with Crippen LogP contribution in [-0.4, -0.2) is 44.3 Å². The Kier molecular flexibility index (Phi) is 3.62. The first-order chi connectivity index (χ1) is 10.3. The highest BCUT2D eigenvalue weighted by molar-refractivity contribution is 7.86. The summed E-state index contributed by atoms with van der Waals surface area (Å²) in [5.74, 6) is 1.12. The number of carbonyl (C=O) groups excluding carboxylic acids is 1. The maximum Gasteiger partial charge on any atom is 0.276 e. The van der Waals surface area contributed by atoms with Gasteiger partial charge in [-0.1, -0.05) is 0 Å². The molecule has 1 aromatic rings. The van der Waals surface area contributed by atoms with Crippen molar-refractivity contribution in [3.8, 4) is 11.5 Å². The van der Waals surface area contributed by atoms with Crippen LogP contribution in [0, 0.1) is 0 Å². The van der Waals surface area contributed by atoms with Gasteiger partial charge in [0.1, 0.15) is 17.1 Å². The van der Waals surface area contributed by atoms with E-state index in [1.54, 1.807) is 25.3 Å². The van der Waals surface area contributed by atoms with Gasteiger partial charge in [0.2, 0.25) is 0 Å². The number of methoxy groups -OCH3 is 1. The van der Waals surface area contributed by atoms with E-state index in [-0.39, 0.29) is 25.3 Å². The lowest BCUT2D eigenvalue weighted by Gasteiger charge is -2.43. The van der Waals surface area contributed by atoms with Crippen molar-refractivity contribution in [3.05, 3.63) is 23.8 Å². The molecule has 1 fully saturated rings. The lowest BCUT2D eigenvalue weighted by molar-refractivity contribution is 0.00579. The summed E-state index contributed by atoms with van der Waals surface area (Å²) < 4.78 is 35.2. The highest BCUT2D eigenvalue weighted by atomic mass is 32.2. The molecule has 0 aromatic heterocycles. The van der Waals surface area contributed by atoms with Crippen LogP contribution in [-0.2, 0) is 10.2 Å². The van der Waals surface area contributed by atoms with E-state index >= 15 is 0 Å². The average Bonchev–Trinajstić information content (AvgIpc) is 2.46. The van der Waals surface area contributed by atoms with Crippen LogP contribution in [0.4, 0.5) is 0 Å². The molecule has 1 saturated heterocycles. The molecule has 0 radical (unpaired) electrons. The van der Waals surface area contributed by atoms with Gasteiger partial charge in [0, 0.05) is 32.0 Å². The second-order valence-electron chi connectivity index (χ2n) is 5.69. The quantitative estimate of drug-likeness (QED) is 0.862. The number of rotatable bonds is 2. The number of nitrogens with two attached hydrogens (primary N) is 1. The molecule has 0 aliphatic carbocycles. The molecule has 0 saturated carbocycles. The predicted molar refractivity (Wildman–Crippen MR) is 79.2 cm³/mol. The third-order valence-electron chi connectivity index (χ3n) is 4.29. The van der Waals surface area contributed by atoms with Gasteiger partial charge in [0.05, 0.1) is 19.1 Å². The maximum atomic E-state index is 12.4. The molecule has 7 nitrogen and oxygen atoms in total. The average molecular weight is 326 g/mol. The standard InChI is InChI=1S/C14H18N2O5S/c1-20-10-2-3-11-12(17)9-14(21-13(11)8-10)4-6-16(7-5-14)22(15,18)19/h2-3,8H,4-7,9H2,1H3,(H2,15,18,19). The normalized spacial score (nSPS) is 21.3. The predicted octanol–water partition coefficient (Wildman–Crippen LogP) is 0.698. The molecular formula is C14H18N2O5S.